The SMILES string of the molecule is C[C@H](O)c1ccc(N2CC=CCC2)c(Cl)c1. The molecule has 0 spiro atoms. The van der Waals surface area contributed by atoms with Crippen LogP contribution in [0.3, 0.4) is 0 Å². The van der Waals surface area contributed by atoms with Gasteiger partial charge in [-0.1, -0.05) is 29.8 Å². The van der Waals surface area contributed by atoms with E-state index in [9.17, 15) is 5.11 Å². The second kappa shape index (κ2) is 4.89. The average molecular weight is 238 g/mol. The monoisotopic (exact) mass is 237 g/mol. The van der Waals surface area contributed by atoms with Gasteiger partial charge in [0.05, 0.1) is 16.8 Å². The zero-order valence-corrected chi connectivity index (χ0v) is 10.1. The number of halogens is 1. The standard InChI is InChI=1S/C13H16ClNO/c1-10(16)11-5-6-13(12(14)9-11)15-7-3-2-4-8-15/h2-3,5-6,9-10,16H,4,7-8H2,1H3/t10-/m0/s1. The Bertz CT molecular complexity index is 401. The molecule has 0 bridgehead atoms. The van der Waals surface area contributed by atoms with E-state index in [0.29, 0.717) is 5.02 Å². The van der Waals surface area contributed by atoms with Crippen LogP contribution < -0.4 is 4.90 Å². The Hall–Kier alpha value is -0.990. The summed E-state index contributed by atoms with van der Waals surface area (Å²) < 4.78 is 0. The molecule has 1 aliphatic rings. The number of anilines is 1. The molecule has 1 aliphatic heterocycles. The van der Waals surface area contributed by atoms with Crippen LogP contribution >= 0.6 is 11.6 Å². The summed E-state index contributed by atoms with van der Waals surface area (Å²) in [6, 6.07) is 5.77. The van der Waals surface area contributed by atoms with Gasteiger partial charge in [-0.25, -0.2) is 0 Å². The third-order valence-corrected chi connectivity index (χ3v) is 3.16. The van der Waals surface area contributed by atoms with Crippen LogP contribution in [0.4, 0.5) is 5.69 Å². The molecule has 0 aliphatic carbocycles. The minimum Gasteiger partial charge on any atom is -0.389 e. The van der Waals surface area contributed by atoms with Gasteiger partial charge < -0.3 is 10.0 Å². The Morgan fingerprint density at radius 1 is 1.38 bits per heavy atom. The van der Waals surface area contributed by atoms with Crippen LogP contribution in [0.5, 0.6) is 0 Å². The van der Waals surface area contributed by atoms with Gasteiger partial charge >= 0.3 is 0 Å². The minimum absolute atomic E-state index is 0.465. The molecule has 0 fully saturated rings. The van der Waals surface area contributed by atoms with Gasteiger partial charge in [-0.2, -0.15) is 0 Å². The highest BCUT2D eigenvalue weighted by atomic mass is 35.5. The maximum Gasteiger partial charge on any atom is 0.0762 e. The van der Waals surface area contributed by atoms with Crippen molar-refractivity contribution in [2.75, 3.05) is 18.0 Å². The lowest BCUT2D eigenvalue weighted by Gasteiger charge is -2.26. The highest BCUT2D eigenvalue weighted by Crippen LogP contribution is 2.29. The van der Waals surface area contributed by atoms with Gasteiger partial charge in [0.25, 0.3) is 0 Å². The van der Waals surface area contributed by atoms with Crippen molar-refractivity contribution >= 4 is 17.3 Å². The third kappa shape index (κ3) is 2.39. The minimum atomic E-state index is -0.465. The Balaban J connectivity index is 2.25. The molecule has 1 aromatic carbocycles. The first-order valence-corrected chi connectivity index (χ1v) is 5.94. The lowest BCUT2D eigenvalue weighted by Crippen LogP contribution is -2.26. The molecule has 16 heavy (non-hydrogen) atoms. The molecule has 0 aromatic heterocycles. The molecule has 0 amide bonds. The van der Waals surface area contributed by atoms with E-state index < -0.39 is 6.10 Å². The number of aliphatic hydroxyl groups is 1. The summed E-state index contributed by atoms with van der Waals surface area (Å²) in [4.78, 5) is 2.24. The molecule has 1 atom stereocenters. The molecular weight excluding hydrogens is 222 g/mol. The molecule has 1 N–H and O–H groups in total. The lowest BCUT2D eigenvalue weighted by atomic mass is 10.1. The summed E-state index contributed by atoms with van der Waals surface area (Å²) in [6.07, 6.45) is 4.94. The number of rotatable bonds is 2. The van der Waals surface area contributed by atoms with E-state index in [-0.39, 0.29) is 0 Å². The van der Waals surface area contributed by atoms with Gasteiger partial charge in [-0.3, -0.25) is 0 Å². The van der Waals surface area contributed by atoms with Crippen molar-refractivity contribution in [1.29, 1.82) is 0 Å². The van der Waals surface area contributed by atoms with Crippen LogP contribution in [-0.4, -0.2) is 18.2 Å². The molecular formula is C13H16ClNO. The van der Waals surface area contributed by atoms with E-state index in [1.165, 1.54) is 0 Å². The second-order valence-electron chi connectivity index (χ2n) is 4.09. The molecule has 2 nitrogen and oxygen atoms in total. The van der Waals surface area contributed by atoms with Crippen molar-refractivity contribution in [3.05, 3.63) is 40.9 Å². The highest BCUT2D eigenvalue weighted by molar-refractivity contribution is 6.33. The fourth-order valence-electron chi connectivity index (χ4n) is 1.90. The van der Waals surface area contributed by atoms with Crippen LogP contribution in [0.1, 0.15) is 25.0 Å². The first kappa shape index (κ1) is 11.5. The molecule has 0 radical (unpaired) electrons. The summed E-state index contributed by atoms with van der Waals surface area (Å²) in [5.74, 6) is 0. The first-order valence-electron chi connectivity index (χ1n) is 5.56. The van der Waals surface area contributed by atoms with Gasteiger partial charge in [0.15, 0.2) is 0 Å². The molecule has 3 heteroatoms. The summed E-state index contributed by atoms with van der Waals surface area (Å²) >= 11 is 6.23. The Kier molecular flexibility index (Phi) is 3.52. The largest absolute Gasteiger partial charge is 0.389 e. The van der Waals surface area contributed by atoms with Crippen molar-refractivity contribution in [3.8, 4) is 0 Å². The summed E-state index contributed by atoms with van der Waals surface area (Å²) in [5, 5.41) is 10.2. The van der Waals surface area contributed by atoms with Gasteiger partial charge in [0, 0.05) is 13.1 Å². The smallest absolute Gasteiger partial charge is 0.0762 e. The predicted octanol–water partition coefficient (Wildman–Crippen LogP) is 3.16. The molecule has 0 saturated heterocycles. The second-order valence-corrected chi connectivity index (χ2v) is 4.50. The Morgan fingerprint density at radius 2 is 2.19 bits per heavy atom. The molecule has 1 aromatic rings. The first-order chi connectivity index (χ1) is 7.68. The van der Waals surface area contributed by atoms with Crippen molar-refractivity contribution in [1.82, 2.24) is 0 Å². The van der Waals surface area contributed by atoms with Gasteiger partial charge in [-0.05, 0) is 31.0 Å². The third-order valence-electron chi connectivity index (χ3n) is 2.85. The average Bonchev–Trinajstić information content (AvgIpc) is 2.30. The zero-order valence-electron chi connectivity index (χ0n) is 9.36. The van der Waals surface area contributed by atoms with Gasteiger partial charge in [0.2, 0.25) is 0 Å². The van der Waals surface area contributed by atoms with Crippen molar-refractivity contribution in [2.45, 2.75) is 19.4 Å². The normalized spacial score (nSPS) is 17.6. The zero-order chi connectivity index (χ0) is 11.5. The summed E-state index contributed by atoms with van der Waals surface area (Å²) in [7, 11) is 0. The number of aliphatic hydroxyl groups excluding tert-OH is 1. The number of nitrogens with zero attached hydrogens (tertiary/aromatic N) is 1. The Morgan fingerprint density at radius 3 is 2.75 bits per heavy atom. The van der Waals surface area contributed by atoms with Crippen LogP contribution in [0.2, 0.25) is 5.02 Å². The number of benzene rings is 1. The van der Waals surface area contributed by atoms with Crippen LogP contribution in [0, 0.1) is 0 Å². The molecule has 0 saturated carbocycles. The molecule has 2 rings (SSSR count). The lowest BCUT2D eigenvalue weighted by molar-refractivity contribution is 0.199. The number of hydrogen-bond acceptors (Lipinski definition) is 2. The highest BCUT2D eigenvalue weighted by Gasteiger charge is 2.12. The van der Waals surface area contributed by atoms with Gasteiger partial charge in [-0.15, -0.1) is 0 Å². The van der Waals surface area contributed by atoms with Crippen molar-refractivity contribution in [3.63, 3.8) is 0 Å². The van der Waals surface area contributed by atoms with E-state index in [1.807, 2.05) is 18.2 Å². The van der Waals surface area contributed by atoms with E-state index >= 15 is 0 Å². The molecule has 1 heterocycles. The van der Waals surface area contributed by atoms with E-state index in [4.69, 9.17) is 11.6 Å². The Labute approximate surface area is 101 Å². The maximum atomic E-state index is 9.47. The van der Waals surface area contributed by atoms with Crippen LogP contribution in [0.25, 0.3) is 0 Å². The summed E-state index contributed by atoms with van der Waals surface area (Å²) in [6.45, 7) is 3.66. The quantitative estimate of drug-likeness (QED) is 0.799. The topological polar surface area (TPSA) is 23.5 Å². The van der Waals surface area contributed by atoms with Crippen LogP contribution in [-0.2, 0) is 0 Å². The van der Waals surface area contributed by atoms with E-state index in [1.54, 1.807) is 6.92 Å². The van der Waals surface area contributed by atoms with Crippen molar-refractivity contribution < 1.29 is 5.11 Å². The van der Waals surface area contributed by atoms with Crippen LogP contribution in [0.15, 0.2) is 30.4 Å². The maximum absolute atomic E-state index is 9.47. The van der Waals surface area contributed by atoms with E-state index in [0.717, 1.165) is 30.8 Å². The number of hydrogen-bond donors (Lipinski definition) is 1. The predicted molar refractivity (Wildman–Crippen MR) is 68.1 cm³/mol. The molecule has 86 valence electrons. The summed E-state index contributed by atoms with van der Waals surface area (Å²) in [5.41, 5.74) is 1.91. The van der Waals surface area contributed by atoms with Crippen molar-refractivity contribution in [2.24, 2.45) is 0 Å². The molecule has 0 unspecified atom stereocenters. The fourth-order valence-corrected chi connectivity index (χ4v) is 2.21. The van der Waals surface area contributed by atoms with E-state index in [2.05, 4.69) is 17.1 Å². The van der Waals surface area contributed by atoms with Gasteiger partial charge in [0.1, 0.15) is 0 Å². The fraction of sp³-hybridized carbons (Fsp3) is 0.385.